The van der Waals surface area contributed by atoms with E-state index in [9.17, 15) is 10.4 Å². The number of fused-ring (bicyclic) bond motifs is 1. The van der Waals surface area contributed by atoms with E-state index in [1.165, 1.54) is 0 Å². The average molecular weight is 356 g/mol. The number of aryl methyl sites for hydroxylation is 1. The number of nitrogens with two attached hydrogens (primary N) is 1. The van der Waals surface area contributed by atoms with Crippen LogP contribution >= 0.6 is 0 Å². The summed E-state index contributed by atoms with van der Waals surface area (Å²) in [6.45, 7) is 3.77. The molecule has 0 radical (unpaired) electrons. The minimum absolute atomic E-state index is 0.181. The summed E-state index contributed by atoms with van der Waals surface area (Å²) < 4.78 is 0. The minimum Gasteiger partial charge on any atom is -0.508 e. The first kappa shape index (κ1) is 16.5. The molecule has 0 saturated heterocycles. The zero-order valence-electron chi connectivity index (χ0n) is 14.8. The van der Waals surface area contributed by atoms with Crippen LogP contribution in [0.2, 0.25) is 0 Å². The van der Waals surface area contributed by atoms with Crippen molar-refractivity contribution >= 4 is 17.0 Å². The van der Waals surface area contributed by atoms with Gasteiger partial charge in [0.2, 0.25) is 5.95 Å². The molecule has 0 saturated carbocycles. The number of nitrogen functional groups attached to an aromatic ring is 1. The third-order valence-corrected chi connectivity index (χ3v) is 4.71. The van der Waals surface area contributed by atoms with Crippen molar-refractivity contribution in [3.8, 4) is 34.1 Å². The molecular weight excluding hydrogens is 340 g/mol. The zero-order chi connectivity index (χ0) is 19.1. The highest BCUT2D eigenvalue weighted by molar-refractivity contribution is 6.01. The van der Waals surface area contributed by atoms with Gasteiger partial charge < -0.3 is 15.8 Å². The molecule has 1 aromatic carbocycles. The lowest BCUT2D eigenvalue weighted by Gasteiger charge is -2.13. The van der Waals surface area contributed by atoms with E-state index >= 15 is 0 Å². The number of phenolic OH excluding ortho intramolecular Hbond substituents is 1. The van der Waals surface area contributed by atoms with Crippen LogP contribution in [0.4, 0.5) is 5.95 Å². The van der Waals surface area contributed by atoms with Crippen LogP contribution in [0, 0.1) is 25.2 Å². The van der Waals surface area contributed by atoms with Crippen LogP contribution in [0.1, 0.15) is 16.7 Å². The fraction of sp³-hybridized carbons (Fsp3) is 0.100. The van der Waals surface area contributed by atoms with Gasteiger partial charge in [-0.1, -0.05) is 6.07 Å². The molecule has 0 aliphatic rings. The number of rotatable bonds is 2. The topological polar surface area (TPSA) is 124 Å². The van der Waals surface area contributed by atoms with Crippen molar-refractivity contribution < 1.29 is 5.11 Å². The van der Waals surface area contributed by atoms with Crippen molar-refractivity contribution in [2.75, 3.05) is 5.73 Å². The Morgan fingerprint density at radius 2 is 1.81 bits per heavy atom. The van der Waals surface area contributed by atoms with E-state index < -0.39 is 0 Å². The largest absolute Gasteiger partial charge is 0.508 e. The van der Waals surface area contributed by atoms with Crippen molar-refractivity contribution in [1.82, 2.24) is 19.9 Å². The van der Waals surface area contributed by atoms with E-state index in [-0.39, 0.29) is 11.7 Å². The Morgan fingerprint density at radius 1 is 1.07 bits per heavy atom. The summed E-state index contributed by atoms with van der Waals surface area (Å²) in [7, 11) is 0. The van der Waals surface area contributed by atoms with Gasteiger partial charge in [-0.25, -0.2) is 15.0 Å². The van der Waals surface area contributed by atoms with Gasteiger partial charge >= 0.3 is 0 Å². The fourth-order valence-corrected chi connectivity index (χ4v) is 3.36. The third kappa shape index (κ3) is 2.55. The average Bonchev–Trinajstić information content (AvgIpc) is 3.10. The predicted molar refractivity (Wildman–Crippen MR) is 103 cm³/mol. The first-order valence-electron chi connectivity index (χ1n) is 8.29. The number of hydrogen-bond acceptors (Lipinski definition) is 6. The van der Waals surface area contributed by atoms with Crippen LogP contribution in [0.5, 0.6) is 5.75 Å². The number of nitrogens with zero attached hydrogens (tertiary/aromatic N) is 4. The summed E-state index contributed by atoms with van der Waals surface area (Å²) in [6.07, 6.45) is 6.67. The van der Waals surface area contributed by atoms with E-state index in [2.05, 4.69) is 26.0 Å². The van der Waals surface area contributed by atoms with Gasteiger partial charge in [-0.2, -0.15) is 5.26 Å². The summed E-state index contributed by atoms with van der Waals surface area (Å²) >= 11 is 0. The summed E-state index contributed by atoms with van der Waals surface area (Å²) in [5.41, 5.74) is 11.3. The Bertz CT molecular complexity index is 1220. The van der Waals surface area contributed by atoms with Crippen molar-refractivity contribution in [3.05, 3.63) is 53.6 Å². The Labute approximate surface area is 155 Å². The second-order valence-corrected chi connectivity index (χ2v) is 6.32. The van der Waals surface area contributed by atoms with Crippen LogP contribution in [-0.2, 0) is 0 Å². The molecule has 0 spiro atoms. The molecule has 0 atom stereocenters. The highest BCUT2D eigenvalue weighted by atomic mass is 16.3. The molecule has 3 aromatic heterocycles. The molecule has 0 fully saturated rings. The number of nitriles is 1. The number of aromatic amines is 1. The van der Waals surface area contributed by atoms with E-state index in [0.29, 0.717) is 27.7 Å². The lowest BCUT2D eigenvalue weighted by Crippen LogP contribution is -1.96. The van der Waals surface area contributed by atoms with Gasteiger partial charge in [-0.15, -0.1) is 0 Å². The number of nitrogens with one attached hydrogen (secondary N) is 1. The highest BCUT2D eigenvalue weighted by Crippen LogP contribution is 2.38. The van der Waals surface area contributed by atoms with Crippen molar-refractivity contribution in [2.24, 2.45) is 0 Å². The normalized spacial score (nSPS) is 10.9. The molecule has 3 heterocycles. The second-order valence-electron chi connectivity index (χ2n) is 6.32. The molecule has 0 amide bonds. The summed E-state index contributed by atoms with van der Waals surface area (Å²) in [4.78, 5) is 15.7. The molecule has 4 aromatic rings. The van der Waals surface area contributed by atoms with Gasteiger partial charge in [-0.05, 0) is 36.6 Å². The number of aromatic hydroxyl groups is 1. The van der Waals surface area contributed by atoms with Crippen molar-refractivity contribution in [1.29, 1.82) is 5.26 Å². The summed E-state index contributed by atoms with van der Waals surface area (Å²) in [5, 5.41) is 20.8. The molecule has 0 bridgehead atoms. The molecule has 4 rings (SSSR count). The quantitative estimate of drug-likeness (QED) is 0.505. The first-order chi connectivity index (χ1) is 13.0. The Hall–Kier alpha value is -3.92. The molecule has 7 nitrogen and oxygen atoms in total. The maximum Gasteiger partial charge on any atom is 0.219 e. The van der Waals surface area contributed by atoms with Crippen LogP contribution in [-0.4, -0.2) is 25.0 Å². The van der Waals surface area contributed by atoms with E-state index in [0.717, 1.165) is 22.3 Å². The van der Waals surface area contributed by atoms with E-state index in [4.69, 9.17) is 5.73 Å². The molecule has 27 heavy (non-hydrogen) atoms. The van der Waals surface area contributed by atoms with Gasteiger partial charge in [0.25, 0.3) is 0 Å². The molecule has 7 heteroatoms. The van der Waals surface area contributed by atoms with Gasteiger partial charge in [-0.3, -0.25) is 0 Å². The number of aromatic nitrogens is 4. The predicted octanol–water partition coefficient (Wildman–Crippen LogP) is 3.46. The van der Waals surface area contributed by atoms with Crippen LogP contribution in [0.25, 0.3) is 33.3 Å². The maximum absolute atomic E-state index is 10.1. The first-order valence-corrected chi connectivity index (χ1v) is 8.29. The van der Waals surface area contributed by atoms with Gasteiger partial charge in [0.05, 0.1) is 5.56 Å². The summed E-state index contributed by atoms with van der Waals surface area (Å²) in [6, 6.07) is 5.79. The number of benzene rings is 1. The maximum atomic E-state index is 10.1. The molecule has 0 aliphatic carbocycles. The van der Waals surface area contributed by atoms with Gasteiger partial charge in [0.15, 0.2) is 0 Å². The number of hydrogen-bond donors (Lipinski definition) is 3. The number of pyridine rings is 1. The second kappa shape index (κ2) is 6.11. The third-order valence-electron chi connectivity index (χ3n) is 4.71. The van der Waals surface area contributed by atoms with Crippen LogP contribution in [0.3, 0.4) is 0 Å². The lowest BCUT2D eigenvalue weighted by molar-refractivity contribution is 0.471. The monoisotopic (exact) mass is 356 g/mol. The number of phenols is 1. The standard InChI is InChI=1S/C20H16N6O/c1-10-3-4-16(27)11(2)17(10)15-9-24-19-18(13(15)5-21)14(8-23-19)12-6-25-20(22)26-7-12/h3-4,6-9,27H,1-2H3,(H,23,24)(H2,22,25,26). The molecule has 4 N–H and O–H groups in total. The smallest absolute Gasteiger partial charge is 0.219 e. The Balaban J connectivity index is 2.06. The SMILES string of the molecule is Cc1ccc(O)c(C)c1-c1cnc2[nH]cc(-c3cnc(N)nc3)c2c1C#N. The zero-order valence-corrected chi connectivity index (χ0v) is 14.8. The lowest BCUT2D eigenvalue weighted by atomic mass is 9.91. The Morgan fingerprint density at radius 3 is 2.52 bits per heavy atom. The Kier molecular flexibility index (Phi) is 3.74. The van der Waals surface area contributed by atoms with Crippen LogP contribution < -0.4 is 5.73 Å². The van der Waals surface area contributed by atoms with E-state index in [1.54, 1.807) is 30.9 Å². The number of H-pyrrole nitrogens is 1. The molecule has 0 unspecified atom stereocenters. The molecule has 132 valence electrons. The van der Waals surface area contributed by atoms with Crippen molar-refractivity contribution in [2.45, 2.75) is 13.8 Å². The van der Waals surface area contributed by atoms with Crippen molar-refractivity contribution in [3.63, 3.8) is 0 Å². The van der Waals surface area contributed by atoms with Gasteiger partial charge in [0.1, 0.15) is 17.5 Å². The number of anilines is 1. The minimum atomic E-state index is 0.181. The fourth-order valence-electron chi connectivity index (χ4n) is 3.36. The van der Waals surface area contributed by atoms with Crippen LogP contribution in [0.15, 0.2) is 36.9 Å². The van der Waals surface area contributed by atoms with Gasteiger partial charge in [0, 0.05) is 46.9 Å². The highest BCUT2D eigenvalue weighted by Gasteiger charge is 2.19. The summed E-state index contributed by atoms with van der Waals surface area (Å²) in [5.74, 6) is 0.365. The van der Waals surface area contributed by atoms with E-state index in [1.807, 2.05) is 19.9 Å². The molecular formula is C20H16N6O. The molecule has 0 aliphatic heterocycles.